The lowest BCUT2D eigenvalue weighted by Gasteiger charge is -2.34. The van der Waals surface area contributed by atoms with E-state index in [9.17, 15) is 4.79 Å². The number of carbonyl (C=O) groups is 1. The van der Waals surface area contributed by atoms with Crippen molar-refractivity contribution in [1.29, 1.82) is 0 Å². The van der Waals surface area contributed by atoms with E-state index >= 15 is 0 Å². The van der Waals surface area contributed by atoms with Gasteiger partial charge in [0, 0.05) is 19.6 Å². The maximum absolute atomic E-state index is 12.4. The molecule has 0 N–H and O–H groups in total. The van der Waals surface area contributed by atoms with Gasteiger partial charge in [-0.3, -0.25) is 4.79 Å². The molecule has 3 nitrogen and oxygen atoms in total. The lowest BCUT2D eigenvalue weighted by Crippen LogP contribution is -2.41. The molecule has 1 aliphatic heterocycles. The van der Waals surface area contributed by atoms with Crippen molar-refractivity contribution in [3.05, 3.63) is 20.8 Å². The average Bonchev–Trinajstić information content (AvgIpc) is 2.91. The maximum atomic E-state index is 12.4. The van der Waals surface area contributed by atoms with Crippen LogP contribution in [0.15, 0.2) is 15.9 Å². The highest BCUT2D eigenvalue weighted by Crippen LogP contribution is 2.25. The number of amides is 1. The van der Waals surface area contributed by atoms with E-state index in [1.165, 1.54) is 17.9 Å². The number of nitrogens with zero attached hydrogens (tertiary/aromatic N) is 2. The van der Waals surface area contributed by atoms with Crippen molar-refractivity contribution in [3.8, 4) is 0 Å². The maximum Gasteiger partial charge on any atom is 0.263 e. The third-order valence-corrected chi connectivity index (χ3v) is 5.71. The number of carbonyl (C=O) groups excluding carboxylic acids is 1. The highest BCUT2D eigenvalue weighted by atomic mass is 79.9. The molecule has 1 saturated heterocycles. The first kappa shape index (κ1) is 16.0. The van der Waals surface area contributed by atoms with Crippen LogP contribution in [-0.2, 0) is 0 Å². The molecule has 2 rings (SSSR count). The number of likely N-dealkylation sites (tertiary alicyclic amines) is 1. The van der Waals surface area contributed by atoms with E-state index in [1.54, 1.807) is 0 Å². The van der Waals surface area contributed by atoms with Crippen LogP contribution in [0.5, 0.6) is 0 Å². The van der Waals surface area contributed by atoms with Gasteiger partial charge < -0.3 is 9.80 Å². The second kappa shape index (κ2) is 7.57. The Morgan fingerprint density at radius 2 is 2.00 bits per heavy atom. The zero-order valence-corrected chi connectivity index (χ0v) is 14.7. The molecular formula is C15H23BrN2OS. The van der Waals surface area contributed by atoms with Crippen molar-refractivity contribution in [2.45, 2.75) is 26.7 Å². The van der Waals surface area contributed by atoms with Crippen molar-refractivity contribution in [1.82, 2.24) is 9.80 Å². The molecule has 0 unspecified atom stereocenters. The Morgan fingerprint density at radius 1 is 1.35 bits per heavy atom. The number of hydrogen-bond donors (Lipinski definition) is 0. The summed E-state index contributed by atoms with van der Waals surface area (Å²) in [5.74, 6) is 0.941. The molecule has 112 valence electrons. The van der Waals surface area contributed by atoms with Gasteiger partial charge in [-0.15, -0.1) is 11.3 Å². The standard InChI is InChI=1S/C15H23BrN2OS/c1-3-17(4-2)11-12-7-9-18(10-8-12)15(19)13-5-6-14(16)20-13/h5-6,12H,3-4,7-11H2,1-2H3. The Bertz CT molecular complexity index is 437. The SMILES string of the molecule is CCN(CC)CC1CCN(C(=O)c2ccc(Br)s2)CC1. The van der Waals surface area contributed by atoms with Crippen molar-refractivity contribution >= 4 is 33.2 Å². The summed E-state index contributed by atoms with van der Waals surface area (Å²) >= 11 is 4.94. The van der Waals surface area contributed by atoms with Crippen LogP contribution < -0.4 is 0 Å². The van der Waals surface area contributed by atoms with E-state index in [2.05, 4.69) is 34.7 Å². The first-order valence-corrected chi connectivity index (χ1v) is 9.02. The van der Waals surface area contributed by atoms with E-state index in [4.69, 9.17) is 0 Å². The molecule has 2 heterocycles. The molecule has 0 aromatic carbocycles. The van der Waals surface area contributed by atoms with Gasteiger partial charge >= 0.3 is 0 Å². The quantitative estimate of drug-likeness (QED) is 0.800. The van der Waals surface area contributed by atoms with Gasteiger partial charge in [0.1, 0.15) is 0 Å². The van der Waals surface area contributed by atoms with Crippen LogP contribution in [0.4, 0.5) is 0 Å². The van der Waals surface area contributed by atoms with Crippen LogP contribution in [0.1, 0.15) is 36.4 Å². The zero-order chi connectivity index (χ0) is 14.5. The molecule has 0 saturated carbocycles. The molecule has 1 amide bonds. The molecule has 0 bridgehead atoms. The fourth-order valence-corrected chi connectivity index (χ4v) is 4.10. The second-order valence-corrected chi connectivity index (χ2v) is 7.79. The zero-order valence-electron chi connectivity index (χ0n) is 12.3. The van der Waals surface area contributed by atoms with Crippen LogP contribution in [-0.4, -0.2) is 48.4 Å². The Kier molecular flexibility index (Phi) is 6.05. The third kappa shape index (κ3) is 4.06. The fourth-order valence-electron chi connectivity index (χ4n) is 2.75. The monoisotopic (exact) mass is 358 g/mol. The second-order valence-electron chi connectivity index (χ2n) is 5.33. The molecule has 0 radical (unpaired) electrons. The van der Waals surface area contributed by atoms with Crippen molar-refractivity contribution in [2.24, 2.45) is 5.92 Å². The Labute approximate surface area is 134 Å². The summed E-state index contributed by atoms with van der Waals surface area (Å²) in [5.41, 5.74) is 0. The summed E-state index contributed by atoms with van der Waals surface area (Å²) in [6, 6.07) is 3.87. The third-order valence-electron chi connectivity index (χ3n) is 4.10. The molecule has 1 aromatic heterocycles. The van der Waals surface area contributed by atoms with Crippen molar-refractivity contribution in [2.75, 3.05) is 32.7 Å². The normalized spacial score (nSPS) is 16.9. The molecule has 5 heteroatoms. The largest absolute Gasteiger partial charge is 0.338 e. The predicted octanol–water partition coefficient (Wildman–Crippen LogP) is 3.70. The molecular weight excluding hydrogens is 336 g/mol. The van der Waals surface area contributed by atoms with Gasteiger partial charge in [-0.1, -0.05) is 13.8 Å². The lowest BCUT2D eigenvalue weighted by atomic mass is 9.96. The van der Waals surface area contributed by atoms with Gasteiger partial charge in [0.05, 0.1) is 8.66 Å². The van der Waals surface area contributed by atoms with Crippen molar-refractivity contribution in [3.63, 3.8) is 0 Å². The van der Waals surface area contributed by atoms with Crippen LogP contribution >= 0.6 is 27.3 Å². The molecule has 0 atom stereocenters. The number of hydrogen-bond acceptors (Lipinski definition) is 3. The minimum Gasteiger partial charge on any atom is -0.338 e. The lowest BCUT2D eigenvalue weighted by molar-refractivity contribution is 0.0674. The first-order chi connectivity index (χ1) is 9.63. The minimum absolute atomic E-state index is 0.196. The smallest absolute Gasteiger partial charge is 0.263 e. The number of thiophene rings is 1. The van der Waals surface area contributed by atoms with Crippen LogP contribution in [0, 0.1) is 5.92 Å². The number of halogens is 1. The summed E-state index contributed by atoms with van der Waals surface area (Å²) in [7, 11) is 0. The van der Waals surface area contributed by atoms with Crippen LogP contribution in [0.3, 0.4) is 0 Å². The first-order valence-electron chi connectivity index (χ1n) is 7.41. The van der Waals surface area contributed by atoms with Gasteiger partial charge in [-0.25, -0.2) is 0 Å². The molecule has 0 aliphatic carbocycles. The summed E-state index contributed by atoms with van der Waals surface area (Å²) in [6.07, 6.45) is 2.27. The Hall–Kier alpha value is -0.390. The van der Waals surface area contributed by atoms with Gasteiger partial charge in [-0.2, -0.15) is 0 Å². The molecule has 1 aromatic rings. The predicted molar refractivity (Wildman–Crippen MR) is 88.4 cm³/mol. The van der Waals surface area contributed by atoms with Crippen molar-refractivity contribution < 1.29 is 4.79 Å². The molecule has 1 aliphatic rings. The molecule has 0 spiro atoms. The van der Waals surface area contributed by atoms with Gasteiger partial charge in [-0.05, 0) is 59.9 Å². The number of rotatable bonds is 5. The summed E-state index contributed by atoms with van der Waals surface area (Å²) in [5, 5.41) is 0. The van der Waals surface area contributed by atoms with Crippen LogP contribution in [0.2, 0.25) is 0 Å². The average molecular weight is 359 g/mol. The van der Waals surface area contributed by atoms with E-state index in [0.29, 0.717) is 0 Å². The van der Waals surface area contributed by atoms with Gasteiger partial charge in [0.2, 0.25) is 0 Å². The van der Waals surface area contributed by atoms with E-state index < -0.39 is 0 Å². The molecule has 1 fully saturated rings. The highest BCUT2D eigenvalue weighted by Gasteiger charge is 2.25. The Balaban J connectivity index is 1.83. The van der Waals surface area contributed by atoms with E-state index in [-0.39, 0.29) is 5.91 Å². The fraction of sp³-hybridized carbons (Fsp3) is 0.667. The Morgan fingerprint density at radius 3 is 2.50 bits per heavy atom. The summed E-state index contributed by atoms with van der Waals surface area (Å²) < 4.78 is 1.03. The molecule has 20 heavy (non-hydrogen) atoms. The van der Waals surface area contributed by atoms with E-state index in [0.717, 1.165) is 53.6 Å². The van der Waals surface area contributed by atoms with E-state index in [1.807, 2.05) is 17.0 Å². The van der Waals surface area contributed by atoms with Gasteiger partial charge in [0.15, 0.2) is 0 Å². The summed E-state index contributed by atoms with van der Waals surface area (Å²) in [6.45, 7) is 9.67. The van der Waals surface area contributed by atoms with Gasteiger partial charge in [0.25, 0.3) is 5.91 Å². The highest BCUT2D eigenvalue weighted by molar-refractivity contribution is 9.11. The van der Waals surface area contributed by atoms with Crippen LogP contribution in [0.25, 0.3) is 0 Å². The minimum atomic E-state index is 0.196. The topological polar surface area (TPSA) is 23.6 Å². The summed E-state index contributed by atoms with van der Waals surface area (Å²) in [4.78, 5) is 17.7. The number of piperidine rings is 1.